The quantitative estimate of drug-likeness (QED) is 0.868. The lowest BCUT2D eigenvalue weighted by atomic mass is 9.78. The summed E-state index contributed by atoms with van der Waals surface area (Å²) in [6, 6.07) is 7.05. The standard InChI is InChI=1S/C18H24F2N2O2/c1-24-15-7-3-2-6-13(15)17(8-4-5-9-17)11-22-16(23)14-10-18(19,20)12-21-14/h2-3,6-7,14,21H,4-5,8-12H2,1H3,(H,22,23). The predicted molar refractivity (Wildman–Crippen MR) is 87.5 cm³/mol. The van der Waals surface area contributed by atoms with Crippen molar-refractivity contribution in [2.24, 2.45) is 0 Å². The van der Waals surface area contributed by atoms with Gasteiger partial charge >= 0.3 is 0 Å². The van der Waals surface area contributed by atoms with Crippen LogP contribution < -0.4 is 15.4 Å². The van der Waals surface area contributed by atoms with E-state index < -0.39 is 24.9 Å². The van der Waals surface area contributed by atoms with Gasteiger partial charge in [0.25, 0.3) is 5.92 Å². The maximum atomic E-state index is 13.3. The van der Waals surface area contributed by atoms with Gasteiger partial charge in [0.15, 0.2) is 0 Å². The van der Waals surface area contributed by atoms with Crippen LogP contribution in [-0.2, 0) is 10.2 Å². The van der Waals surface area contributed by atoms with Crippen molar-refractivity contribution in [1.29, 1.82) is 0 Å². The summed E-state index contributed by atoms with van der Waals surface area (Å²) in [5.41, 5.74) is 0.915. The highest BCUT2D eigenvalue weighted by Gasteiger charge is 2.43. The monoisotopic (exact) mass is 338 g/mol. The lowest BCUT2D eigenvalue weighted by Crippen LogP contribution is -2.46. The summed E-state index contributed by atoms with van der Waals surface area (Å²) in [7, 11) is 1.64. The van der Waals surface area contributed by atoms with Crippen LogP contribution in [0, 0.1) is 0 Å². The van der Waals surface area contributed by atoms with Crippen LogP contribution in [0.25, 0.3) is 0 Å². The Kier molecular flexibility index (Phi) is 4.76. The number of methoxy groups -OCH3 is 1. The molecule has 1 aliphatic carbocycles. The lowest BCUT2D eigenvalue weighted by Gasteiger charge is -2.31. The van der Waals surface area contributed by atoms with E-state index in [0.29, 0.717) is 6.54 Å². The molecule has 4 nitrogen and oxygen atoms in total. The maximum Gasteiger partial charge on any atom is 0.262 e. The van der Waals surface area contributed by atoms with E-state index >= 15 is 0 Å². The summed E-state index contributed by atoms with van der Waals surface area (Å²) < 4.78 is 32.0. The summed E-state index contributed by atoms with van der Waals surface area (Å²) in [4.78, 5) is 12.3. The SMILES string of the molecule is COc1ccccc1C1(CNC(=O)C2CC(F)(F)CN2)CCCC1. The van der Waals surface area contributed by atoms with Crippen molar-refractivity contribution < 1.29 is 18.3 Å². The highest BCUT2D eigenvalue weighted by atomic mass is 19.3. The summed E-state index contributed by atoms with van der Waals surface area (Å²) in [6.07, 6.45) is 3.67. The predicted octanol–water partition coefficient (Wildman–Crippen LogP) is 2.62. The minimum absolute atomic E-state index is 0.177. The second kappa shape index (κ2) is 6.67. The molecule has 2 N–H and O–H groups in total. The highest BCUT2D eigenvalue weighted by molar-refractivity contribution is 5.82. The number of alkyl halides is 2. The van der Waals surface area contributed by atoms with Gasteiger partial charge in [0, 0.05) is 23.9 Å². The topological polar surface area (TPSA) is 50.4 Å². The molecule has 24 heavy (non-hydrogen) atoms. The van der Waals surface area contributed by atoms with E-state index in [2.05, 4.69) is 10.6 Å². The van der Waals surface area contributed by atoms with Gasteiger partial charge in [-0.3, -0.25) is 10.1 Å². The van der Waals surface area contributed by atoms with E-state index in [1.54, 1.807) is 7.11 Å². The second-order valence-electron chi connectivity index (χ2n) is 6.90. The first-order valence-corrected chi connectivity index (χ1v) is 8.48. The zero-order valence-corrected chi connectivity index (χ0v) is 13.9. The Morgan fingerprint density at radius 2 is 2.04 bits per heavy atom. The smallest absolute Gasteiger partial charge is 0.262 e. The van der Waals surface area contributed by atoms with Gasteiger partial charge in [0.05, 0.1) is 19.7 Å². The Bertz CT molecular complexity index is 600. The van der Waals surface area contributed by atoms with Crippen LogP contribution in [-0.4, -0.2) is 38.1 Å². The van der Waals surface area contributed by atoms with Crippen molar-refractivity contribution in [2.75, 3.05) is 20.2 Å². The second-order valence-corrected chi connectivity index (χ2v) is 6.90. The Morgan fingerprint density at radius 3 is 2.67 bits per heavy atom. The van der Waals surface area contributed by atoms with E-state index in [0.717, 1.165) is 37.0 Å². The Balaban J connectivity index is 1.72. The molecule has 2 aliphatic rings. The average molecular weight is 338 g/mol. The Hall–Kier alpha value is -1.69. The van der Waals surface area contributed by atoms with Gasteiger partial charge in [-0.25, -0.2) is 8.78 Å². The van der Waals surface area contributed by atoms with Crippen LogP contribution in [0.15, 0.2) is 24.3 Å². The Labute approximate surface area is 141 Å². The number of rotatable bonds is 5. The molecule has 2 fully saturated rings. The molecule has 1 aromatic carbocycles. The third kappa shape index (κ3) is 3.38. The van der Waals surface area contributed by atoms with Gasteiger partial charge in [0.1, 0.15) is 5.75 Å². The van der Waals surface area contributed by atoms with Crippen molar-refractivity contribution >= 4 is 5.91 Å². The number of amides is 1. The van der Waals surface area contributed by atoms with Gasteiger partial charge in [-0.05, 0) is 18.9 Å². The summed E-state index contributed by atoms with van der Waals surface area (Å²) in [5.74, 6) is -2.32. The molecule has 1 atom stereocenters. The minimum Gasteiger partial charge on any atom is -0.496 e. The molecular weight excluding hydrogens is 314 g/mol. The number of hydrogen-bond acceptors (Lipinski definition) is 3. The van der Waals surface area contributed by atoms with E-state index in [4.69, 9.17) is 4.74 Å². The van der Waals surface area contributed by atoms with Crippen molar-refractivity contribution in [1.82, 2.24) is 10.6 Å². The molecule has 132 valence electrons. The molecule has 1 heterocycles. The number of carbonyl (C=O) groups is 1. The number of hydrogen-bond donors (Lipinski definition) is 2. The van der Waals surface area contributed by atoms with E-state index in [-0.39, 0.29) is 11.3 Å². The number of halogens is 2. The fourth-order valence-electron chi connectivity index (χ4n) is 3.96. The first-order valence-electron chi connectivity index (χ1n) is 8.48. The van der Waals surface area contributed by atoms with E-state index in [9.17, 15) is 13.6 Å². The fraction of sp³-hybridized carbons (Fsp3) is 0.611. The molecule has 1 unspecified atom stereocenters. The maximum absolute atomic E-state index is 13.3. The summed E-state index contributed by atoms with van der Waals surface area (Å²) in [6.45, 7) is 0.0265. The van der Waals surface area contributed by atoms with Crippen LogP contribution in [0.2, 0.25) is 0 Å². The van der Waals surface area contributed by atoms with Crippen molar-refractivity contribution in [3.63, 3.8) is 0 Å². The lowest BCUT2D eigenvalue weighted by molar-refractivity contribution is -0.123. The van der Waals surface area contributed by atoms with Crippen molar-refractivity contribution in [2.45, 2.75) is 49.5 Å². The van der Waals surface area contributed by atoms with Crippen LogP contribution in [0.1, 0.15) is 37.7 Å². The van der Waals surface area contributed by atoms with Gasteiger partial charge in [0.2, 0.25) is 5.91 Å². The number of carbonyl (C=O) groups excluding carboxylic acids is 1. The number of para-hydroxylation sites is 1. The van der Waals surface area contributed by atoms with Gasteiger partial charge in [-0.2, -0.15) is 0 Å². The molecule has 0 spiro atoms. The minimum atomic E-state index is -2.80. The van der Waals surface area contributed by atoms with Gasteiger partial charge < -0.3 is 10.1 Å². The largest absolute Gasteiger partial charge is 0.496 e. The molecule has 0 radical (unpaired) electrons. The fourth-order valence-corrected chi connectivity index (χ4v) is 3.96. The van der Waals surface area contributed by atoms with E-state index in [1.165, 1.54) is 0 Å². The number of benzene rings is 1. The first-order chi connectivity index (χ1) is 11.5. The van der Waals surface area contributed by atoms with Crippen molar-refractivity contribution in [3.05, 3.63) is 29.8 Å². The van der Waals surface area contributed by atoms with Crippen LogP contribution in [0.3, 0.4) is 0 Å². The molecule has 1 aliphatic heterocycles. The normalized spacial score (nSPS) is 24.7. The zero-order valence-electron chi connectivity index (χ0n) is 13.9. The number of ether oxygens (including phenoxy) is 1. The van der Waals surface area contributed by atoms with Crippen LogP contribution >= 0.6 is 0 Å². The molecule has 1 saturated heterocycles. The number of nitrogens with one attached hydrogen (secondary N) is 2. The molecule has 3 rings (SSSR count). The van der Waals surface area contributed by atoms with Crippen molar-refractivity contribution in [3.8, 4) is 5.75 Å². The molecule has 1 saturated carbocycles. The van der Waals surface area contributed by atoms with E-state index in [1.807, 2.05) is 24.3 Å². The third-order valence-electron chi connectivity index (χ3n) is 5.27. The molecule has 1 amide bonds. The summed E-state index contributed by atoms with van der Waals surface area (Å²) >= 11 is 0. The molecule has 1 aromatic rings. The molecular formula is C18H24F2N2O2. The first kappa shape index (κ1) is 17.1. The van der Waals surface area contributed by atoms with Gasteiger partial charge in [-0.15, -0.1) is 0 Å². The highest BCUT2D eigenvalue weighted by Crippen LogP contribution is 2.44. The zero-order chi connectivity index (χ0) is 17.2. The molecule has 6 heteroatoms. The molecule has 0 aromatic heterocycles. The average Bonchev–Trinajstić information content (AvgIpc) is 3.20. The third-order valence-corrected chi connectivity index (χ3v) is 5.27. The Morgan fingerprint density at radius 1 is 1.33 bits per heavy atom. The van der Waals surface area contributed by atoms with Gasteiger partial charge in [-0.1, -0.05) is 31.0 Å². The van der Waals surface area contributed by atoms with Crippen LogP contribution in [0.4, 0.5) is 8.78 Å². The van der Waals surface area contributed by atoms with Crippen LogP contribution in [0.5, 0.6) is 5.75 Å². The molecule has 0 bridgehead atoms. The summed E-state index contributed by atoms with van der Waals surface area (Å²) in [5, 5.41) is 5.51.